The first-order chi connectivity index (χ1) is 15.6. The van der Waals surface area contributed by atoms with Gasteiger partial charge in [0.25, 0.3) is 5.91 Å². The highest BCUT2D eigenvalue weighted by atomic mass is 35.5. The molecule has 1 aliphatic carbocycles. The summed E-state index contributed by atoms with van der Waals surface area (Å²) in [6.45, 7) is 3.71. The maximum atomic E-state index is 13.1. The number of halogens is 4. The summed E-state index contributed by atoms with van der Waals surface area (Å²) >= 11 is 5.95. The summed E-state index contributed by atoms with van der Waals surface area (Å²) in [5.41, 5.74) is 0.648. The lowest BCUT2D eigenvalue weighted by Gasteiger charge is -2.35. The van der Waals surface area contributed by atoms with Crippen LogP contribution >= 0.6 is 11.6 Å². The first kappa shape index (κ1) is 26.9. The number of rotatable bonds is 5. The van der Waals surface area contributed by atoms with Crippen molar-refractivity contribution in [1.82, 2.24) is 15.1 Å². The van der Waals surface area contributed by atoms with Crippen LogP contribution in [-0.4, -0.2) is 77.6 Å². The van der Waals surface area contributed by atoms with Gasteiger partial charge in [-0.1, -0.05) is 30.9 Å². The number of carbonyl (C=O) groups excluding carboxylic acids is 2. The van der Waals surface area contributed by atoms with Crippen molar-refractivity contribution in [1.29, 1.82) is 0 Å². The number of nitrogens with one attached hydrogen (secondary N) is 1. The molecule has 2 fully saturated rings. The van der Waals surface area contributed by atoms with Gasteiger partial charge < -0.3 is 20.2 Å². The van der Waals surface area contributed by atoms with Crippen molar-refractivity contribution in [2.45, 2.75) is 50.7 Å². The van der Waals surface area contributed by atoms with E-state index < -0.39 is 12.1 Å². The zero-order valence-electron chi connectivity index (χ0n) is 18.2. The molecule has 33 heavy (non-hydrogen) atoms. The molecule has 7 nitrogen and oxygen atoms in total. The van der Waals surface area contributed by atoms with Gasteiger partial charge in [-0.05, 0) is 37.1 Å². The summed E-state index contributed by atoms with van der Waals surface area (Å²) in [4.78, 5) is 38.4. The van der Waals surface area contributed by atoms with Crippen LogP contribution in [0.2, 0.25) is 5.02 Å². The van der Waals surface area contributed by atoms with Crippen molar-refractivity contribution < 1.29 is 32.7 Å². The number of hydrogen-bond acceptors (Lipinski definition) is 4. The largest absolute Gasteiger partial charge is 0.490 e. The lowest BCUT2D eigenvalue weighted by molar-refractivity contribution is -0.192. The van der Waals surface area contributed by atoms with Crippen LogP contribution in [0.15, 0.2) is 24.3 Å². The molecular weight excluding hydrogens is 463 g/mol. The minimum atomic E-state index is -5.08. The molecule has 11 heteroatoms. The van der Waals surface area contributed by atoms with Gasteiger partial charge in [-0.2, -0.15) is 13.2 Å². The molecule has 0 unspecified atom stereocenters. The Morgan fingerprint density at radius 3 is 2.12 bits per heavy atom. The molecule has 0 bridgehead atoms. The molecule has 0 radical (unpaired) electrons. The van der Waals surface area contributed by atoms with Crippen molar-refractivity contribution in [3.05, 3.63) is 34.9 Å². The van der Waals surface area contributed by atoms with Crippen LogP contribution in [0, 0.1) is 0 Å². The molecule has 0 spiro atoms. The highest BCUT2D eigenvalue weighted by Gasteiger charge is 2.38. The Morgan fingerprint density at radius 2 is 1.61 bits per heavy atom. The van der Waals surface area contributed by atoms with Crippen LogP contribution in [-0.2, 0) is 9.59 Å². The van der Waals surface area contributed by atoms with Crippen LogP contribution in [0.4, 0.5) is 13.2 Å². The molecule has 184 valence electrons. The maximum Gasteiger partial charge on any atom is 0.490 e. The van der Waals surface area contributed by atoms with Crippen LogP contribution in [0.5, 0.6) is 0 Å². The van der Waals surface area contributed by atoms with Crippen molar-refractivity contribution in [2.24, 2.45) is 0 Å². The third kappa shape index (κ3) is 8.85. The van der Waals surface area contributed by atoms with Crippen molar-refractivity contribution in [3.63, 3.8) is 0 Å². The number of amides is 2. The first-order valence-corrected chi connectivity index (χ1v) is 11.3. The Labute approximate surface area is 195 Å². The molecule has 3 rings (SSSR count). The number of carboxylic acids is 1. The van der Waals surface area contributed by atoms with Gasteiger partial charge in [0.15, 0.2) is 0 Å². The van der Waals surface area contributed by atoms with Crippen LogP contribution in [0.1, 0.15) is 48.9 Å². The molecule has 1 saturated carbocycles. The third-order valence-corrected chi connectivity index (χ3v) is 5.90. The monoisotopic (exact) mass is 491 g/mol. The predicted molar refractivity (Wildman–Crippen MR) is 117 cm³/mol. The number of benzene rings is 1. The van der Waals surface area contributed by atoms with Gasteiger partial charge in [0.2, 0.25) is 5.91 Å². The number of hydrogen-bond donors (Lipinski definition) is 2. The molecule has 1 aromatic carbocycles. The third-order valence-electron chi connectivity index (χ3n) is 5.65. The minimum Gasteiger partial charge on any atom is -0.475 e. The van der Waals surface area contributed by atoms with Crippen molar-refractivity contribution >= 4 is 29.4 Å². The summed E-state index contributed by atoms with van der Waals surface area (Å²) in [6, 6.07) is 7.29. The van der Waals surface area contributed by atoms with Crippen LogP contribution < -0.4 is 5.32 Å². The van der Waals surface area contributed by atoms with Crippen LogP contribution in [0.3, 0.4) is 0 Å². The summed E-state index contributed by atoms with van der Waals surface area (Å²) in [7, 11) is 0. The average Bonchev–Trinajstić information content (AvgIpc) is 2.80. The fourth-order valence-electron chi connectivity index (χ4n) is 3.89. The second-order valence-electron chi connectivity index (χ2n) is 7.98. The van der Waals surface area contributed by atoms with E-state index in [1.54, 1.807) is 24.3 Å². The molecule has 2 aliphatic rings. The van der Waals surface area contributed by atoms with E-state index in [0.717, 1.165) is 51.9 Å². The van der Waals surface area contributed by atoms with E-state index in [1.165, 1.54) is 6.42 Å². The van der Waals surface area contributed by atoms with E-state index in [0.29, 0.717) is 23.6 Å². The molecule has 1 aliphatic heterocycles. The van der Waals surface area contributed by atoms with Gasteiger partial charge in [0, 0.05) is 55.8 Å². The molecule has 0 aromatic heterocycles. The highest BCUT2D eigenvalue weighted by molar-refractivity contribution is 6.30. The number of piperazine rings is 1. The molecule has 1 heterocycles. The summed E-state index contributed by atoms with van der Waals surface area (Å²) in [6.07, 6.45) is 0.916. The molecule has 2 N–H and O–H groups in total. The number of aliphatic carboxylic acids is 1. The average molecular weight is 492 g/mol. The topological polar surface area (TPSA) is 90.0 Å². The SMILES string of the molecule is O=C(CCN(C(=O)c1ccc(Cl)cc1)C1CCCCC1)N1CCNCC1.O=C(O)C(F)(F)F. The fraction of sp³-hybridized carbons (Fsp3) is 0.591. The number of carbonyl (C=O) groups is 3. The van der Waals surface area contributed by atoms with Crippen molar-refractivity contribution in [2.75, 3.05) is 32.7 Å². The van der Waals surface area contributed by atoms with Gasteiger partial charge >= 0.3 is 12.1 Å². The zero-order chi connectivity index (χ0) is 24.4. The van der Waals surface area contributed by atoms with E-state index in [-0.39, 0.29) is 17.9 Å². The molecular formula is C22H29ClF3N3O4. The van der Waals surface area contributed by atoms with E-state index in [4.69, 9.17) is 21.5 Å². The second-order valence-corrected chi connectivity index (χ2v) is 8.42. The van der Waals surface area contributed by atoms with E-state index >= 15 is 0 Å². The normalized spacial score (nSPS) is 17.0. The Balaban J connectivity index is 0.000000479. The lowest BCUT2D eigenvalue weighted by Crippen LogP contribution is -2.48. The van der Waals surface area contributed by atoms with Gasteiger partial charge in [0.05, 0.1) is 0 Å². The number of nitrogens with zero attached hydrogens (tertiary/aromatic N) is 2. The highest BCUT2D eigenvalue weighted by Crippen LogP contribution is 2.25. The number of alkyl halides is 3. The van der Waals surface area contributed by atoms with Gasteiger partial charge in [-0.3, -0.25) is 9.59 Å². The minimum absolute atomic E-state index is 0.0154. The first-order valence-electron chi connectivity index (χ1n) is 10.9. The van der Waals surface area contributed by atoms with Gasteiger partial charge in [-0.15, -0.1) is 0 Å². The van der Waals surface area contributed by atoms with E-state index in [1.807, 2.05) is 9.80 Å². The van der Waals surface area contributed by atoms with Crippen LogP contribution in [0.25, 0.3) is 0 Å². The second kappa shape index (κ2) is 12.8. The molecule has 0 atom stereocenters. The fourth-order valence-corrected chi connectivity index (χ4v) is 4.02. The Morgan fingerprint density at radius 1 is 1.06 bits per heavy atom. The zero-order valence-corrected chi connectivity index (χ0v) is 19.0. The summed E-state index contributed by atoms with van der Waals surface area (Å²) in [5, 5.41) is 11.0. The Kier molecular flexibility index (Phi) is 10.4. The lowest BCUT2D eigenvalue weighted by atomic mass is 9.93. The van der Waals surface area contributed by atoms with Crippen molar-refractivity contribution in [3.8, 4) is 0 Å². The predicted octanol–water partition coefficient (Wildman–Crippen LogP) is 3.57. The van der Waals surface area contributed by atoms with E-state index in [2.05, 4.69) is 5.32 Å². The molecule has 1 saturated heterocycles. The number of carboxylic acid groups (broad SMARTS) is 1. The summed E-state index contributed by atoms with van der Waals surface area (Å²) in [5.74, 6) is -2.59. The Bertz CT molecular complexity index is 793. The smallest absolute Gasteiger partial charge is 0.475 e. The van der Waals surface area contributed by atoms with Gasteiger partial charge in [-0.25, -0.2) is 4.79 Å². The quantitative estimate of drug-likeness (QED) is 0.657. The molecule has 1 aromatic rings. The van der Waals surface area contributed by atoms with Gasteiger partial charge in [0.1, 0.15) is 0 Å². The van der Waals surface area contributed by atoms with E-state index in [9.17, 15) is 22.8 Å². The molecule has 2 amide bonds. The summed E-state index contributed by atoms with van der Waals surface area (Å²) < 4.78 is 31.7. The maximum absolute atomic E-state index is 13.1. The standard InChI is InChI=1S/C20H28ClN3O2.C2HF3O2/c21-17-8-6-16(7-9-17)20(26)24(18-4-2-1-3-5-18)13-10-19(25)23-14-11-22-12-15-23;3-2(4,5)1(6)7/h6-9,18,22H,1-5,10-15H2;(H,6,7). The Hall–Kier alpha value is -2.33.